The van der Waals surface area contributed by atoms with E-state index in [1.54, 1.807) is 0 Å². The first-order valence-corrected chi connectivity index (χ1v) is 6.32. The molecule has 1 N–H and O–H groups in total. The summed E-state index contributed by atoms with van der Waals surface area (Å²) >= 11 is 0. The average Bonchev–Trinajstić information content (AvgIpc) is 2.17. The summed E-state index contributed by atoms with van der Waals surface area (Å²) in [5.41, 5.74) is 0.566. The zero-order valence-corrected chi connectivity index (χ0v) is 11.1. The summed E-state index contributed by atoms with van der Waals surface area (Å²) in [6, 6.07) is 0.763. The van der Waals surface area contributed by atoms with Gasteiger partial charge in [-0.25, -0.2) is 0 Å². The lowest BCUT2D eigenvalue weighted by Crippen LogP contribution is -2.44. The highest BCUT2D eigenvalue weighted by molar-refractivity contribution is 4.91. The standard InChI is InChI=1S/C13H28N2/c1-11(2)13(10-15(4)5)8-6-12(14-3)7-9-13/h11-12,14H,6-10H2,1-5H3. The van der Waals surface area contributed by atoms with Crippen molar-refractivity contribution in [3.8, 4) is 0 Å². The second-order valence-electron chi connectivity index (χ2n) is 5.82. The Balaban J connectivity index is 2.60. The quantitative estimate of drug-likeness (QED) is 0.769. The van der Waals surface area contributed by atoms with Gasteiger partial charge in [0.05, 0.1) is 0 Å². The molecule has 15 heavy (non-hydrogen) atoms. The highest BCUT2D eigenvalue weighted by atomic mass is 15.1. The van der Waals surface area contributed by atoms with Gasteiger partial charge in [-0.05, 0) is 58.2 Å². The zero-order chi connectivity index (χ0) is 11.5. The Kier molecular flexibility index (Phi) is 4.60. The van der Waals surface area contributed by atoms with Gasteiger partial charge in [-0.1, -0.05) is 13.8 Å². The summed E-state index contributed by atoms with van der Waals surface area (Å²) < 4.78 is 0. The molecule has 0 aromatic heterocycles. The molecule has 0 aromatic rings. The van der Waals surface area contributed by atoms with Gasteiger partial charge in [0.15, 0.2) is 0 Å². The van der Waals surface area contributed by atoms with Gasteiger partial charge in [0.1, 0.15) is 0 Å². The van der Waals surface area contributed by atoms with Gasteiger partial charge in [0, 0.05) is 12.6 Å². The first-order chi connectivity index (χ1) is 7.00. The van der Waals surface area contributed by atoms with Crippen LogP contribution in [0.15, 0.2) is 0 Å². The number of nitrogens with zero attached hydrogens (tertiary/aromatic N) is 1. The van der Waals surface area contributed by atoms with E-state index in [-0.39, 0.29) is 0 Å². The highest BCUT2D eigenvalue weighted by Crippen LogP contribution is 2.42. The predicted octanol–water partition coefficient (Wildman–Crippen LogP) is 2.35. The van der Waals surface area contributed by atoms with E-state index in [0.717, 1.165) is 12.0 Å². The minimum atomic E-state index is 0.566. The fraction of sp³-hybridized carbons (Fsp3) is 1.00. The predicted molar refractivity (Wildman–Crippen MR) is 67.1 cm³/mol. The molecule has 1 aliphatic rings. The molecule has 0 heterocycles. The normalized spacial score (nSPS) is 32.6. The van der Waals surface area contributed by atoms with Crippen molar-refractivity contribution in [2.75, 3.05) is 27.7 Å². The Hall–Kier alpha value is -0.0800. The molecule has 0 aromatic carbocycles. The van der Waals surface area contributed by atoms with E-state index >= 15 is 0 Å². The van der Waals surface area contributed by atoms with Crippen LogP contribution in [0, 0.1) is 11.3 Å². The summed E-state index contributed by atoms with van der Waals surface area (Å²) in [6.07, 6.45) is 5.47. The summed E-state index contributed by atoms with van der Waals surface area (Å²) in [5, 5.41) is 3.42. The van der Waals surface area contributed by atoms with Crippen LogP contribution in [0.1, 0.15) is 39.5 Å². The van der Waals surface area contributed by atoms with Crippen LogP contribution in [0.4, 0.5) is 0 Å². The molecule has 2 nitrogen and oxygen atoms in total. The van der Waals surface area contributed by atoms with Gasteiger partial charge in [0.2, 0.25) is 0 Å². The third-order valence-corrected chi connectivity index (χ3v) is 4.25. The van der Waals surface area contributed by atoms with Gasteiger partial charge in [-0.3, -0.25) is 0 Å². The molecular formula is C13H28N2. The molecular weight excluding hydrogens is 184 g/mol. The number of nitrogens with one attached hydrogen (secondary N) is 1. The molecule has 0 aliphatic heterocycles. The SMILES string of the molecule is CNC1CCC(CN(C)C)(C(C)C)CC1. The van der Waals surface area contributed by atoms with Gasteiger partial charge < -0.3 is 10.2 Å². The molecule has 0 unspecified atom stereocenters. The van der Waals surface area contributed by atoms with Crippen molar-refractivity contribution in [3.63, 3.8) is 0 Å². The van der Waals surface area contributed by atoms with E-state index in [1.165, 1.54) is 32.2 Å². The van der Waals surface area contributed by atoms with Crippen molar-refractivity contribution in [1.82, 2.24) is 10.2 Å². The molecule has 1 fully saturated rings. The number of hydrogen-bond donors (Lipinski definition) is 1. The number of rotatable bonds is 4. The van der Waals surface area contributed by atoms with Crippen molar-refractivity contribution >= 4 is 0 Å². The van der Waals surface area contributed by atoms with Gasteiger partial charge in [0.25, 0.3) is 0 Å². The third kappa shape index (κ3) is 3.18. The Morgan fingerprint density at radius 2 is 1.80 bits per heavy atom. The van der Waals surface area contributed by atoms with Crippen molar-refractivity contribution < 1.29 is 0 Å². The van der Waals surface area contributed by atoms with Crippen molar-refractivity contribution in [1.29, 1.82) is 0 Å². The lowest BCUT2D eigenvalue weighted by molar-refractivity contribution is 0.0678. The highest BCUT2D eigenvalue weighted by Gasteiger charge is 2.37. The minimum Gasteiger partial charge on any atom is -0.317 e. The van der Waals surface area contributed by atoms with Crippen molar-refractivity contribution in [3.05, 3.63) is 0 Å². The Labute approximate surface area is 95.4 Å². The second-order valence-corrected chi connectivity index (χ2v) is 5.82. The van der Waals surface area contributed by atoms with E-state index in [9.17, 15) is 0 Å². The third-order valence-electron chi connectivity index (χ3n) is 4.25. The van der Waals surface area contributed by atoms with Crippen LogP contribution in [0.3, 0.4) is 0 Å². The molecule has 1 rings (SSSR count). The first-order valence-electron chi connectivity index (χ1n) is 6.32. The molecule has 0 spiro atoms. The Morgan fingerprint density at radius 3 is 2.13 bits per heavy atom. The maximum absolute atomic E-state index is 3.42. The van der Waals surface area contributed by atoms with Crippen molar-refractivity contribution in [2.24, 2.45) is 11.3 Å². The maximum atomic E-state index is 3.42. The summed E-state index contributed by atoms with van der Waals surface area (Å²) in [6.45, 7) is 6.04. The van der Waals surface area contributed by atoms with Crippen LogP contribution < -0.4 is 5.32 Å². The van der Waals surface area contributed by atoms with E-state index < -0.39 is 0 Å². The van der Waals surface area contributed by atoms with E-state index in [1.807, 2.05) is 0 Å². The fourth-order valence-corrected chi connectivity index (χ4v) is 3.03. The molecule has 0 saturated heterocycles. The average molecular weight is 212 g/mol. The molecule has 1 aliphatic carbocycles. The smallest absolute Gasteiger partial charge is 0.00644 e. The van der Waals surface area contributed by atoms with Crippen LogP contribution in [0.5, 0.6) is 0 Å². The van der Waals surface area contributed by atoms with E-state index in [2.05, 4.69) is 45.2 Å². The zero-order valence-electron chi connectivity index (χ0n) is 11.1. The Bertz CT molecular complexity index is 179. The van der Waals surface area contributed by atoms with E-state index in [0.29, 0.717) is 5.41 Å². The lowest BCUT2D eigenvalue weighted by Gasteiger charge is -2.45. The van der Waals surface area contributed by atoms with Crippen LogP contribution >= 0.6 is 0 Å². The minimum absolute atomic E-state index is 0.566. The monoisotopic (exact) mass is 212 g/mol. The molecule has 1 saturated carbocycles. The topological polar surface area (TPSA) is 15.3 Å². The fourth-order valence-electron chi connectivity index (χ4n) is 3.03. The van der Waals surface area contributed by atoms with Gasteiger partial charge in [-0.15, -0.1) is 0 Å². The lowest BCUT2D eigenvalue weighted by atomic mass is 9.65. The van der Waals surface area contributed by atoms with Crippen LogP contribution in [0.2, 0.25) is 0 Å². The molecule has 0 atom stereocenters. The number of hydrogen-bond acceptors (Lipinski definition) is 2. The summed E-state index contributed by atoms with van der Waals surface area (Å²) in [4.78, 5) is 2.36. The van der Waals surface area contributed by atoms with E-state index in [4.69, 9.17) is 0 Å². The molecule has 90 valence electrons. The molecule has 0 amide bonds. The van der Waals surface area contributed by atoms with Gasteiger partial charge >= 0.3 is 0 Å². The Morgan fingerprint density at radius 1 is 1.27 bits per heavy atom. The molecule has 0 bridgehead atoms. The largest absolute Gasteiger partial charge is 0.317 e. The summed E-state index contributed by atoms with van der Waals surface area (Å²) in [7, 11) is 6.50. The summed E-state index contributed by atoms with van der Waals surface area (Å²) in [5.74, 6) is 0.803. The van der Waals surface area contributed by atoms with Crippen LogP contribution in [0.25, 0.3) is 0 Å². The maximum Gasteiger partial charge on any atom is 0.00644 e. The first kappa shape index (κ1) is 13.0. The van der Waals surface area contributed by atoms with Crippen LogP contribution in [-0.4, -0.2) is 38.6 Å². The molecule has 2 heteroatoms. The van der Waals surface area contributed by atoms with Crippen LogP contribution in [-0.2, 0) is 0 Å². The van der Waals surface area contributed by atoms with Crippen molar-refractivity contribution in [2.45, 2.75) is 45.6 Å². The van der Waals surface area contributed by atoms with Gasteiger partial charge in [-0.2, -0.15) is 0 Å². The molecule has 0 radical (unpaired) electrons. The second kappa shape index (κ2) is 5.31.